The molecule has 1 aliphatic carbocycles. The van der Waals surface area contributed by atoms with Crippen LogP contribution in [0.4, 0.5) is 0 Å². The van der Waals surface area contributed by atoms with Crippen molar-refractivity contribution < 1.29 is 4.74 Å². The molecule has 0 radical (unpaired) electrons. The van der Waals surface area contributed by atoms with Crippen molar-refractivity contribution in [3.63, 3.8) is 0 Å². The van der Waals surface area contributed by atoms with Crippen LogP contribution in [0, 0.1) is 6.92 Å². The number of hydrogen-bond acceptors (Lipinski definition) is 2. The summed E-state index contributed by atoms with van der Waals surface area (Å²) >= 11 is 0. The monoisotopic (exact) mass is 257 g/mol. The van der Waals surface area contributed by atoms with Crippen LogP contribution < -0.4 is 10.5 Å². The van der Waals surface area contributed by atoms with E-state index in [0.717, 1.165) is 25.0 Å². The van der Waals surface area contributed by atoms with E-state index in [0.29, 0.717) is 6.10 Å². The zero-order chi connectivity index (χ0) is 13.2. The van der Waals surface area contributed by atoms with Crippen molar-refractivity contribution in [2.75, 3.05) is 0 Å². The lowest BCUT2D eigenvalue weighted by atomic mass is 9.99. The number of benzene rings is 1. The van der Waals surface area contributed by atoms with E-state index in [1.54, 1.807) is 0 Å². The van der Waals surface area contributed by atoms with Gasteiger partial charge in [0.15, 0.2) is 0 Å². The average Bonchev–Trinajstić information content (AvgIpc) is 2.63. The molecule has 2 nitrogen and oxygen atoms in total. The van der Waals surface area contributed by atoms with E-state index < -0.39 is 0 Å². The molecule has 2 unspecified atom stereocenters. The number of aryl methyl sites for hydroxylation is 1. The highest BCUT2D eigenvalue weighted by atomic mass is 16.5. The predicted molar refractivity (Wildman–Crippen MR) is 78.4 cm³/mol. The van der Waals surface area contributed by atoms with Gasteiger partial charge in [-0.05, 0) is 37.8 Å². The van der Waals surface area contributed by atoms with Gasteiger partial charge in [0.25, 0.3) is 0 Å². The van der Waals surface area contributed by atoms with Gasteiger partial charge in [-0.3, -0.25) is 0 Å². The quantitative estimate of drug-likeness (QED) is 0.823. The fraction of sp³-hybridized carbons (Fsp3) is 0.529. The second kappa shape index (κ2) is 5.38. The first-order chi connectivity index (χ1) is 9.20. The molecule has 2 aliphatic rings. The van der Waals surface area contributed by atoms with Crippen LogP contribution in [0.5, 0.6) is 5.75 Å². The molecule has 1 aliphatic heterocycles. The Labute approximate surface area is 115 Å². The number of nitrogens with two attached hydrogens (primary N) is 1. The molecule has 3 rings (SSSR count). The van der Waals surface area contributed by atoms with E-state index in [-0.39, 0.29) is 6.04 Å². The first kappa shape index (κ1) is 12.7. The molecule has 1 aromatic rings. The Hall–Kier alpha value is -1.28. The standard InChI is InChI=1S/C17H23NO/c1-12-6-7-17-14(8-12)11-16(19-17)10-13-4-2-3-5-15(18)9-13/h6-9,15-16H,2-5,10-11,18H2,1H3. The third kappa shape index (κ3) is 3.01. The average molecular weight is 257 g/mol. The largest absolute Gasteiger partial charge is 0.489 e. The molecule has 0 saturated carbocycles. The summed E-state index contributed by atoms with van der Waals surface area (Å²) < 4.78 is 6.06. The summed E-state index contributed by atoms with van der Waals surface area (Å²) in [5.74, 6) is 1.08. The second-order valence-electron chi connectivity index (χ2n) is 5.99. The van der Waals surface area contributed by atoms with Crippen molar-refractivity contribution in [3.8, 4) is 5.75 Å². The lowest BCUT2D eigenvalue weighted by Gasteiger charge is -2.13. The third-order valence-corrected chi connectivity index (χ3v) is 4.18. The first-order valence-electron chi connectivity index (χ1n) is 7.42. The second-order valence-corrected chi connectivity index (χ2v) is 5.99. The van der Waals surface area contributed by atoms with Crippen molar-refractivity contribution in [1.29, 1.82) is 0 Å². The highest BCUT2D eigenvalue weighted by molar-refractivity contribution is 5.40. The van der Waals surface area contributed by atoms with Gasteiger partial charge in [-0.1, -0.05) is 35.8 Å². The SMILES string of the molecule is Cc1ccc2c(c1)CC(CC1=CC(N)CCCC1)O2. The molecule has 1 heterocycles. The molecule has 2 heteroatoms. The summed E-state index contributed by atoms with van der Waals surface area (Å²) in [6.45, 7) is 2.14. The molecular weight excluding hydrogens is 234 g/mol. The molecule has 0 bridgehead atoms. The fourth-order valence-electron chi connectivity index (χ4n) is 3.23. The van der Waals surface area contributed by atoms with Gasteiger partial charge >= 0.3 is 0 Å². The van der Waals surface area contributed by atoms with Crippen molar-refractivity contribution >= 4 is 0 Å². The van der Waals surface area contributed by atoms with Crippen LogP contribution >= 0.6 is 0 Å². The van der Waals surface area contributed by atoms with Crippen molar-refractivity contribution in [3.05, 3.63) is 41.0 Å². The third-order valence-electron chi connectivity index (χ3n) is 4.18. The van der Waals surface area contributed by atoms with E-state index in [9.17, 15) is 0 Å². The van der Waals surface area contributed by atoms with E-state index in [1.807, 2.05) is 0 Å². The van der Waals surface area contributed by atoms with Crippen LogP contribution in [0.25, 0.3) is 0 Å². The van der Waals surface area contributed by atoms with E-state index >= 15 is 0 Å². The Bertz CT molecular complexity index is 492. The molecule has 0 saturated heterocycles. The molecule has 0 amide bonds. The summed E-state index contributed by atoms with van der Waals surface area (Å²) in [5, 5.41) is 0. The van der Waals surface area contributed by atoms with Gasteiger partial charge in [0.2, 0.25) is 0 Å². The minimum atomic E-state index is 0.253. The number of hydrogen-bond donors (Lipinski definition) is 1. The number of fused-ring (bicyclic) bond motifs is 1. The van der Waals surface area contributed by atoms with Gasteiger partial charge in [0, 0.05) is 18.9 Å². The minimum Gasteiger partial charge on any atom is -0.489 e. The van der Waals surface area contributed by atoms with Crippen LogP contribution in [0.3, 0.4) is 0 Å². The van der Waals surface area contributed by atoms with Gasteiger partial charge in [-0.25, -0.2) is 0 Å². The molecule has 2 N–H and O–H groups in total. The van der Waals surface area contributed by atoms with Crippen LogP contribution in [0.2, 0.25) is 0 Å². The minimum absolute atomic E-state index is 0.253. The molecule has 19 heavy (non-hydrogen) atoms. The zero-order valence-corrected chi connectivity index (χ0v) is 11.7. The Kier molecular flexibility index (Phi) is 3.61. The van der Waals surface area contributed by atoms with Crippen molar-refractivity contribution in [2.24, 2.45) is 5.73 Å². The van der Waals surface area contributed by atoms with Gasteiger partial charge in [0.05, 0.1) is 0 Å². The maximum atomic E-state index is 6.09. The first-order valence-corrected chi connectivity index (χ1v) is 7.42. The zero-order valence-electron chi connectivity index (χ0n) is 11.7. The predicted octanol–water partition coefficient (Wildman–Crippen LogP) is 3.52. The topological polar surface area (TPSA) is 35.2 Å². The summed E-state index contributed by atoms with van der Waals surface area (Å²) in [6.07, 6.45) is 9.55. The fourth-order valence-corrected chi connectivity index (χ4v) is 3.23. The van der Waals surface area contributed by atoms with Crippen LogP contribution in [0.15, 0.2) is 29.8 Å². The number of rotatable bonds is 2. The highest BCUT2D eigenvalue weighted by Gasteiger charge is 2.24. The van der Waals surface area contributed by atoms with E-state index in [4.69, 9.17) is 10.5 Å². The molecule has 102 valence electrons. The van der Waals surface area contributed by atoms with E-state index in [1.165, 1.54) is 36.0 Å². The van der Waals surface area contributed by atoms with Crippen molar-refractivity contribution in [1.82, 2.24) is 0 Å². The Morgan fingerprint density at radius 2 is 2.21 bits per heavy atom. The van der Waals surface area contributed by atoms with Gasteiger partial charge < -0.3 is 10.5 Å². The molecule has 0 aromatic heterocycles. The summed E-state index contributed by atoms with van der Waals surface area (Å²) in [5.41, 5.74) is 10.3. The Balaban J connectivity index is 1.66. The Morgan fingerprint density at radius 3 is 3.11 bits per heavy atom. The lowest BCUT2D eigenvalue weighted by Crippen LogP contribution is -2.18. The smallest absolute Gasteiger partial charge is 0.123 e. The Morgan fingerprint density at radius 1 is 1.32 bits per heavy atom. The maximum Gasteiger partial charge on any atom is 0.123 e. The molecular formula is C17H23NO. The summed E-state index contributed by atoms with van der Waals surface area (Å²) in [7, 11) is 0. The van der Waals surface area contributed by atoms with Gasteiger partial charge in [0.1, 0.15) is 11.9 Å². The highest BCUT2D eigenvalue weighted by Crippen LogP contribution is 2.33. The normalized spacial score (nSPS) is 26.3. The maximum absolute atomic E-state index is 6.09. The van der Waals surface area contributed by atoms with Crippen LogP contribution in [0.1, 0.15) is 43.2 Å². The summed E-state index contributed by atoms with van der Waals surface area (Å²) in [6, 6.07) is 6.74. The van der Waals surface area contributed by atoms with Crippen LogP contribution in [-0.2, 0) is 6.42 Å². The molecule has 0 fully saturated rings. The van der Waals surface area contributed by atoms with E-state index in [2.05, 4.69) is 31.2 Å². The van der Waals surface area contributed by atoms with Crippen molar-refractivity contribution in [2.45, 2.75) is 57.6 Å². The van der Waals surface area contributed by atoms with Gasteiger partial charge in [-0.15, -0.1) is 0 Å². The molecule has 0 spiro atoms. The molecule has 1 aromatic carbocycles. The van der Waals surface area contributed by atoms with Gasteiger partial charge in [-0.2, -0.15) is 0 Å². The van der Waals surface area contributed by atoms with Crippen LogP contribution in [-0.4, -0.2) is 12.1 Å². The summed E-state index contributed by atoms with van der Waals surface area (Å²) in [4.78, 5) is 0. The lowest BCUT2D eigenvalue weighted by molar-refractivity contribution is 0.231. The number of ether oxygens (including phenoxy) is 1. The molecule has 2 atom stereocenters.